The van der Waals surface area contributed by atoms with Gasteiger partial charge in [-0.05, 0) is 32.6 Å². The van der Waals surface area contributed by atoms with Gasteiger partial charge in [0.15, 0.2) is 0 Å². The van der Waals surface area contributed by atoms with E-state index in [2.05, 4.69) is 34.7 Å². The Morgan fingerprint density at radius 3 is 2.22 bits per heavy atom. The molecular weight excluding hydrogens is 329 g/mol. The van der Waals surface area contributed by atoms with E-state index in [9.17, 15) is 0 Å². The van der Waals surface area contributed by atoms with Crippen molar-refractivity contribution >= 4 is 23.2 Å². The Balaban J connectivity index is 0.000000229. The number of piperazine rings is 1. The summed E-state index contributed by atoms with van der Waals surface area (Å²) in [5.41, 5.74) is 0.658. The maximum atomic E-state index is 6.25. The highest BCUT2D eigenvalue weighted by Gasteiger charge is 2.31. The summed E-state index contributed by atoms with van der Waals surface area (Å²) in [5, 5.41) is 7.97. The van der Waals surface area contributed by atoms with Crippen LogP contribution in [0.2, 0.25) is 10.0 Å². The average molecular weight is 354 g/mol. The molecule has 1 unspecified atom stereocenters. The predicted octanol–water partition coefficient (Wildman–Crippen LogP) is 3.45. The smallest absolute Gasteiger partial charge is 0.0685 e. The van der Waals surface area contributed by atoms with Gasteiger partial charge in [0.25, 0.3) is 0 Å². The highest BCUT2D eigenvalue weighted by Crippen LogP contribution is 2.38. The molecule has 23 heavy (non-hydrogen) atoms. The molecule has 0 spiro atoms. The summed E-state index contributed by atoms with van der Waals surface area (Å²) >= 11 is 12.5. The molecule has 0 radical (unpaired) electrons. The van der Waals surface area contributed by atoms with Crippen molar-refractivity contribution in [2.24, 2.45) is 0 Å². The topological polar surface area (TPSA) is 27.3 Å². The summed E-state index contributed by atoms with van der Waals surface area (Å²) in [4.78, 5) is 2.33. The predicted molar refractivity (Wildman–Crippen MR) is 100 cm³/mol. The lowest BCUT2D eigenvalue weighted by molar-refractivity contribution is 0.291. The minimum Gasteiger partial charge on any atom is -0.314 e. The third kappa shape index (κ3) is 4.82. The molecule has 1 aliphatic heterocycles. The quantitative estimate of drug-likeness (QED) is 0.852. The van der Waals surface area contributed by atoms with Crippen molar-refractivity contribution in [2.45, 2.75) is 12.0 Å². The van der Waals surface area contributed by atoms with Gasteiger partial charge in [-0.15, -0.1) is 0 Å². The van der Waals surface area contributed by atoms with Gasteiger partial charge >= 0.3 is 0 Å². The number of likely N-dealkylation sites (N-methyl/N-ethyl adjacent to an activating group) is 2. The van der Waals surface area contributed by atoms with Crippen molar-refractivity contribution in [3.8, 4) is 0 Å². The van der Waals surface area contributed by atoms with Gasteiger partial charge in [-0.25, -0.2) is 0 Å². The van der Waals surface area contributed by atoms with Crippen LogP contribution in [0.5, 0.6) is 0 Å². The van der Waals surface area contributed by atoms with E-state index in [1.165, 1.54) is 13.1 Å². The molecule has 2 N–H and O–H groups in total. The van der Waals surface area contributed by atoms with E-state index < -0.39 is 0 Å². The van der Waals surface area contributed by atoms with Gasteiger partial charge in [0.05, 0.1) is 5.54 Å². The molecule has 1 saturated heterocycles. The first-order valence-corrected chi connectivity index (χ1v) is 8.72. The summed E-state index contributed by atoms with van der Waals surface area (Å²) in [5.74, 6) is 0. The molecule has 1 heterocycles. The molecule has 126 valence electrons. The fourth-order valence-corrected chi connectivity index (χ4v) is 3.55. The van der Waals surface area contributed by atoms with E-state index in [0.29, 0.717) is 10.0 Å². The van der Waals surface area contributed by atoms with Crippen molar-refractivity contribution in [1.82, 2.24) is 15.5 Å². The van der Waals surface area contributed by atoms with Crippen molar-refractivity contribution in [2.75, 3.05) is 40.3 Å². The lowest BCUT2D eigenvalue weighted by atomic mass is 9.84. The second kappa shape index (κ2) is 8.86. The first-order chi connectivity index (χ1) is 11.1. The maximum Gasteiger partial charge on any atom is 0.0685 e. The fraction of sp³-hybridized carbons (Fsp3) is 0.444. The second-order valence-electron chi connectivity index (χ2n) is 5.86. The Kier molecular flexibility index (Phi) is 7.12. The average Bonchev–Trinajstić information content (AvgIpc) is 2.57. The van der Waals surface area contributed by atoms with Crippen molar-refractivity contribution < 1.29 is 0 Å². The molecule has 5 heteroatoms. The molecule has 2 aliphatic rings. The zero-order valence-corrected chi connectivity index (χ0v) is 15.3. The number of rotatable bonds is 2. The van der Waals surface area contributed by atoms with Crippen molar-refractivity contribution in [1.29, 1.82) is 0 Å². The molecule has 0 saturated carbocycles. The van der Waals surface area contributed by atoms with Crippen LogP contribution in [-0.2, 0) is 5.54 Å². The van der Waals surface area contributed by atoms with Crippen LogP contribution in [0.1, 0.15) is 12.0 Å². The van der Waals surface area contributed by atoms with Crippen LogP contribution in [0.25, 0.3) is 0 Å². The maximum absolute atomic E-state index is 6.25. The molecule has 1 aromatic rings. The monoisotopic (exact) mass is 353 g/mol. The molecule has 0 aromatic heterocycles. The zero-order valence-electron chi connectivity index (χ0n) is 13.8. The van der Waals surface area contributed by atoms with Crippen LogP contribution in [-0.4, -0.2) is 45.2 Å². The third-order valence-corrected chi connectivity index (χ3v) is 4.89. The number of halogens is 2. The van der Waals surface area contributed by atoms with Crippen LogP contribution in [0.15, 0.2) is 42.5 Å². The lowest BCUT2D eigenvalue weighted by Crippen LogP contribution is -2.40. The van der Waals surface area contributed by atoms with Gasteiger partial charge < -0.3 is 15.5 Å². The minimum atomic E-state index is -0.288. The zero-order chi connectivity index (χ0) is 16.7. The number of allylic oxidation sites excluding steroid dienone is 2. The first kappa shape index (κ1) is 18.5. The molecular formula is C18H25Cl2N3. The molecule has 0 amide bonds. The Hall–Kier alpha value is -0.840. The van der Waals surface area contributed by atoms with Crippen LogP contribution >= 0.6 is 23.2 Å². The molecule has 1 fully saturated rings. The van der Waals surface area contributed by atoms with E-state index in [1.807, 2.05) is 37.4 Å². The van der Waals surface area contributed by atoms with Gasteiger partial charge in [0.2, 0.25) is 0 Å². The van der Waals surface area contributed by atoms with Crippen molar-refractivity contribution in [3.05, 3.63) is 58.1 Å². The Labute approximate surface area is 149 Å². The molecule has 1 atom stereocenters. The molecule has 3 rings (SSSR count). The highest BCUT2D eigenvalue weighted by atomic mass is 35.5. The molecule has 1 aliphatic carbocycles. The number of nitrogens with zero attached hydrogens (tertiary/aromatic N) is 1. The molecule has 0 bridgehead atoms. The summed E-state index contributed by atoms with van der Waals surface area (Å²) in [7, 11) is 4.07. The summed E-state index contributed by atoms with van der Waals surface area (Å²) < 4.78 is 0. The standard InChI is InChI=1S/C13H13Cl2N.C5H12N2/c1-16-13(8-3-2-4-9-13)12-10(14)6-5-7-11(12)15;1-7-4-2-6-3-5-7/h2-8,16H,9H2,1H3;6H,2-5H2,1H3. The lowest BCUT2D eigenvalue weighted by Gasteiger charge is -2.33. The SMILES string of the molecule is CN1CCNCC1.CNC1(c2c(Cl)cccc2Cl)C=CC=CC1. The van der Waals surface area contributed by atoms with Gasteiger partial charge in [-0.3, -0.25) is 0 Å². The molecule has 3 nitrogen and oxygen atoms in total. The largest absolute Gasteiger partial charge is 0.314 e. The molecule has 1 aromatic carbocycles. The minimum absolute atomic E-state index is 0.288. The van der Waals surface area contributed by atoms with Crippen LogP contribution < -0.4 is 10.6 Å². The Morgan fingerprint density at radius 1 is 1.13 bits per heavy atom. The third-order valence-electron chi connectivity index (χ3n) is 4.26. The summed E-state index contributed by atoms with van der Waals surface area (Å²) in [6.07, 6.45) is 9.10. The first-order valence-electron chi connectivity index (χ1n) is 7.96. The van der Waals surface area contributed by atoms with E-state index in [-0.39, 0.29) is 5.54 Å². The number of nitrogens with one attached hydrogen (secondary N) is 2. The van der Waals surface area contributed by atoms with Crippen LogP contribution in [0.3, 0.4) is 0 Å². The van der Waals surface area contributed by atoms with E-state index >= 15 is 0 Å². The van der Waals surface area contributed by atoms with Gasteiger partial charge in [-0.1, -0.05) is 53.6 Å². The fourth-order valence-electron chi connectivity index (χ4n) is 2.82. The summed E-state index contributed by atoms with van der Waals surface area (Å²) in [6, 6.07) is 5.60. The van der Waals surface area contributed by atoms with Crippen molar-refractivity contribution in [3.63, 3.8) is 0 Å². The van der Waals surface area contributed by atoms with Gasteiger partial charge in [0, 0.05) is 41.8 Å². The van der Waals surface area contributed by atoms with E-state index in [0.717, 1.165) is 25.1 Å². The van der Waals surface area contributed by atoms with Crippen LogP contribution in [0, 0.1) is 0 Å². The van der Waals surface area contributed by atoms with Gasteiger partial charge in [0.1, 0.15) is 0 Å². The van der Waals surface area contributed by atoms with E-state index in [4.69, 9.17) is 23.2 Å². The number of hydrogen-bond acceptors (Lipinski definition) is 3. The normalized spacial score (nSPS) is 24.2. The Morgan fingerprint density at radius 2 is 1.78 bits per heavy atom. The highest BCUT2D eigenvalue weighted by molar-refractivity contribution is 6.36. The Bertz CT molecular complexity index is 545. The number of benzene rings is 1. The van der Waals surface area contributed by atoms with Gasteiger partial charge in [-0.2, -0.15) is 0 Å². The van der Waals surface area contributed by atoms with Crippen LogP contribution in [0.4, 0.5) is 0 Å². The number of hydrogen-bond donors (Lipinski definition) is 2. The summed E-state index contributed by atoms with van der Waals surface area (Å²) in [6.45, 7) is 4.74. The second-order valence-corrected chi connectivity index (χ2v) is 6.68. The van der Waals surface area contributed by atoms with E-state index in [1.54, 1.807) is 0 Å².